The van der Waals surface area contributed by atoms with Crippen molar-refractivity contribution in [2.75, 3.05) is 6.54 Å². The predicted molar refractivity (Wildman–Crippen MR) is 125 cm³/mol. The fourth-order valence-corrected chi connectivity index (χ4v) is 3.14. The van der Waals surface area contributed by atoms with Gasteiger partial charge in [0.15, 0.2) is 0 Å². The maximum absolute atomic E-state index is 12.8. The zero-order valence-electron chi connectivity index (χ0n) is 19.3. The number of aromatic hydroxyl groups is 1. The molecule has 3 unspecified atom stereocenters. The number of aromatic amines is 1. The number of aliphatic carboxylic acids is 1. The molecule has 1 aromatic heterocycles. The Hall–Kier alpha value is -4.46. The molecule has 0 spiro atoms. The SMILES string of the molecule is NC(=O)CCC(N)C(=O)NC(Cc1ccc(O)cc1)C(=O)NCC(=O)NC(Cc1cnc[nH]1)C(=O)O. The highest BCUT2D eigenvalue weighted by molar-refractivity contribution is 5.93. The largest absolute Gasteiger partial charge is 0.508 e. The van der Waals surface area contributed by atoms with Crippen molar-refractivity contribution in [2.24, 2.45) is 11.5 Å². The minimum Gasteiger partial charge on any atom is -0.508 e. The van der Waals surface area contributed by atoms with Crippen molar-refractivity contribution in [3.8, 4) is 5.75 Å². The Bertz CT molecular complexity index is 1060. The Kier molecular flexibility index (Phi) is 10.4. The molecule has 14 heteroatoms. The van der Waals surface area contributed by atoms with Gasteiger partial charge in [-0.05, 0) is 24.1 Å². The summed E-state index contributed by atoms with van der Waals surface area (Å²) in [4.78, 5) is 66.5. The smallest absolute Gasteiger partial charge is 0.326 e. The van der Waals surface area contributed by atoms with Crippen LogP contribution in [0.15, 0.2) is 36.8 Å². The number of amides is 4. The lowest BCUT2D eigenvalue weighted by atomic mass is 10.0. The van der Waals surface area contributed by atoms with E-state index in [0.29, 0.717) is 11.3 Å². The predicted octanol–water partition coefficient (Wildman–Crippen LogP) is -2.34. The number of hydrogen-bond acceptors (Lipinski definition) is 8. The van der Waals surface area contributed by atoms with E-state index in [1.165, 1.54) is 24.7 Å². The second kappa shape index (κ2) is 13.4. The molecule has 36 heavy (non-hydrogen) atoms. The van der Waals surface area contributed by atoms with E-state index < -0.39 is 54.3 Å². The van der Waals surface area contributed by atoms with E-state index >= 15 is 0 Å². The van der Waals surface area contributed by atoms with Crippen molar-refractivity contribution in [1.29, 1.82) is 0 Å². The summed E-state index contributed by atoms with van der Waals surface area (Å²) in [6.45, 7) is -0.554. The molecule has 0 fully saturated rings. The Balaban J connectivity index is 2.01. The Labute approximate surface area is 205 Å². The van der Waals surface area contributed by atoms with Crippen LogP contribution >= 0.6 is 0 Å². The molecular weight excluding hydrogens is 474 g/mol. The lowest BCUT2D eigenvalue weighted by Crippen LogP contribution is -2.54. The molecule has 1 heterocycles. The van der Waals surface area contributed by atoms with E-state index in [9.17, 15) is 34.2 Å². The molecule has 0 radical (unpaired) electrons. The van der Waals surface area contributed by atoms with Crippen molar-refractivity contribution >= 4 is 29.6 Å². The van der Waals surface area contributed by atoms with Gasteiger partial charge in [-0.3, -0.25) is 19.2 Å². The van der Waals surface area contributed by atoms with Gasteiger partial charge in [0, 0.05) is 31.2 Å². The molecule has 10 N–H and O–H groups in total. The lowest BCUT2D eigenvalue weighted by molar-refractivity contribution is -0.141. The highest BCUT2D eigenvalue weighted by atomic mass is 16.4. The van der Waals surface area contributed by atoms with Gasteiger partial charge in [0.25, 0.3) is 0 Å². The van der Waals surface area contributed by atoms with E-state index in [4.69, 9.17) is 11.5 Å². The van der Waals surface area contributed by atoms with E-state index in [-0.39, 0.29) is 31.4 Å². The molecule has 0 aliphatic carbocycles. The maximum Gasteiger partial charge on any atom is 0.326 e. The summed E-state index contributed by atoms with van der Waals surface area (Å²) in [5.74, 6) is -4.08. The summed E-state index contributed by atoms with van der Waals surface area (Å²) in [5, 5.41) is 26.0. The number of phenolic OH excluding ortho intramolecular Hbond substituents is 1. The zero-order valence-corrected chi connectivity index (χ0v) is 19.3. The van der Waals surface area contributed by atoms with Crippen LogP contribution in [0.1, 0.15) is 24.1 Å². The first kappa shape index (κ1) is 27.8. The van der Waals surface area contributed by atoms with Gasteiger partial charge in [0.05, 0.1) is 18.9 Å². The number of benzene rings is 1. The lowest BCUT2D eigenvalue weighted by Gasteiger charge is -2.21. The van der Waals surface area contributed by atoms with Gasteiger partial charge < -0.3 is 42.6 Å². The maximum atomic E-state index is 12.8. The van der Waals surface area contributed by atoms with E-state index in [0.717, 1.165) is 0 Å². The standard InChI is InChI=1S/C22H29N7O7/c23-15(5-6-18(24)31)20(33)29-16(7-12-1-3-14(30)4-2-12)21(34)26-10-19(32)28-17(22(35)36)8-13-9-25-11-27-13/h1-4,9,11,15-17,30H,5-8,10,23H2,(H2,24,31)(H,25,27)(H,26,34)(H,28,32)(H,29,33)(H,35,36). The number of H-pyrrole nitrogens is 1. The number of carbonyl (C=O) groups excluding carboxylic acids is 4. The Morgan fingerprint density at radius 3 is 2.28 bits per heavy atom. The van der Waals surface area contributed by atoms with Gasteiger partial charge in [-0.1, -0.05) is 12.1 Å². The fourth-order valence-electron chi connectivity index (χ4n) is 3.14. The molecule has 2 aromatic rings. The summed E-state index contributed by atoms with van der Waals surface area (Å²) in [6, 6.07) is 2.39. The van der Waals surface area contributed by atoms with E-state index in [2.05, 4.69) is 25.9 Å². The number of rotatable bonds is 14. The number of carboxylic acids is 1. The number of nitrogens with one attached hydrogen (secondary N) is 4. The number of primary amides is 1. The second-order valence-electron chi connectivity index (χ2n) is 8.00. The number of phenols is 1. The number of carboxylic acid groups (broad SMARTS) is 1. The summed E-state index contributed by atoms with van der Waals surface area (Å²) < 4.78 is 0. The normalized spacial score (nSPS) is 13.1. The van der Waals surface area contributed by atoms with Crippen molar-refractivity contribution in [2.45, 2.75) is 43.8 Å². The minimum absolute atomic E-state index is 0.000410. The van der Waals surface area contributed by atoms with Crippen molar-refractivity contribution in [3.05, 3.63) is 48.0 Å². The van der Waals surface area contributed by atoms with Gasteiger partial charge in [-0.25, -0.2) is 9.78 Å². The molecule has 194 valence electrons. The number of nitrogens with zero attached hydrogens (tertiary/aromatic N) is 1. The van der Waals surface area contributed by atoms with Crippen LogP contribution in [0.25, 0.3) is 0 Å². The number of imidazole rings is 1. The van der Waals surface area contributed by atoms with Gasteiger partial charge in [-0.15, -0.1) is 0 Å². The van der Waals surface area contributed by atoms with Gasteiger partial charge in [-0.2, -0.15) is 0 Å². The topological polar surface area (TPSA) is 243 Å². The molecule has 1 aromatic carbocycles. The Morgan fingerprint density at radius 1 is 1.00 bits per heavy atom. The summed E-state index contributed by atoms with van der Waals surface area (Å²) in [5.41, 5.74) is 11.9. The number of carbonyl (C=O) groups is 5. The van der Waals surface area contributed by atoms with Gasteiger partial charge in [0.1, 0.15) is 17.8 Å². The van der Waals surface area contributed by atoms with Crippen LogP contribution in [-0.2, 0) is 36.8 Å². The van der Waals surface area contributed by atoms with Crippen molar-refractivity contribution < 1.29 is 34.2 Å². The molecule has 0 aliphatic heterocycles. The third-order valence-corrected chi connectivity index (χ3v) is 5.08. The first-order chi connectivity index (χ1) is 17.0. The van der Waals surface area contributed by atoms with Crippen molar-refractivity contribution in [3.63, 3.8) is 0 Å². The van der Waals surface area contributed by atoms with Crippen LogP contribution in [0.3, 0.4) is 0 Å². The van der Waals surface area contributed by atoms with Crippen LogP contribution in [-0.4, -0.2) is 74.4 Å². The highest BCUT2D eigenvalue weighted by Crippen LogP contribution is 2.12. The fraction of sp³-hybridized carbons (Fsp3) is 0.364. The molecule has 4 amide bonds. The summed E-state index contributed by atoms with van der Waals surface area (Å²) >= 11 is 0. The Morgan fingerprint density at radius 2 is 1.69 bits per heavy atom. The van der Waals surface area contributed by atoms with E-state index in [1.54, 1.807) is 12.1 Å². The van der Waals surface area contributed by atoms with Crippen LogP contribution in [0, 0.1) is 0 Å². The zero-order chi connectivity index (χ0) is 26.7. The minimum atomic E-state index is -1.27. The average molecular weight is 504 g/mol. The van der Waals surface area contributed by atoms with E-state index in [1.807, 2.05) is 0 Å². The van der Waals surface area contributed by atoms with Gasteiger partial charge >= 0.3 is 5.97 Å². The third-order valence-electron chi connectivity index (χ3n) is 5.08. The molecular formula is C22H29N7O7. The number of hydrogen-bond donors (Lipinski definition) is 8. The molecule has 2 rings (SSSR count). The monoisotopic (exact) mass is 503 g/mol. The van der Waals surface area contributed by atoms with Crippen molar-refractivity contribution in [1.82, 2.24) is 25.9 Å². The van der Waals surface area contributed by atoms with Crippen LogP contribution in [0.5, 0.6) is 5.75 Å². The molecule has 0 bridgehead atoms. The van der Waals surface area contributed by atoms with Gasteiger partial charge in [0.2, 0.25) is 23.6 Å². The second-order valence-corrected chi connectivity index (χ2v) is 8.00. The molecule has 0 saturated carbocycles. The average Bonchev–Trinajstić information content (AvgIpc) is 3.34. The summed E-state index contributed by atoms with van der Waals surface area (Å²) in [6.07, 6.45) is 2.61. The summed E-state index contributed by atoms with van der Waals surface area (Å²) in [7, 11) is 0. The number of aromatic nitrogens is 2. The third kappa shape index (κ3) is 9.42. The molecule has 14 nitrogen and oxygen atoms in total. The first-order valence-corrected chi connectivity index (χ1v) is 10.9. The first-order valence-electron chi connectivity index (χ1n) is 10.9. The van der Waals surface area contributed by atoms with Crippen LogP contribution < -0.4 is 27.4 Å². The molecule has 0 saturated heterocycles. The quantitative estimate of drug-likeness (QED) is 0.137. The molecule has 3 atom stereocenters. The highest BCUT2D eigenvalue weighted by Gasteiger charge is 2.26. The molecule has 0 aliphatic rings. The number of nitrogens with two attached hydrogens (primary N) is 2. The van der Waals surface area contributed by atoms with Crippen LogP contribution in [0.4, 0.5) is 0 Å². The van der Waals surface area contributed by atoms with Crippen LogP contribution in [0.2, 0.25) is 0 Å².